The molecular weight excluding hydrogens is 202 g/mol. The van der Waals surface area contributed by atoms with Gasteiger partial charge in [0, 0.05) is 24.7 Å². The van der Waals surface area contributed by atoms with Crippen LogP contribution in [0.3, 0.4) is 0 Å². The predicted molar refractivity (Wildman–Crippen MR) is 60.8 cm³/mol. The fraction of sp³-hybridized carbons (Fsp3) is 0.385. The molecule has 0 saturated heterocycles. The number of anilines is 1. The molecule has 1 aromatic carbocycles. The van der Waals surface area contributed by atoms with Crippen molar-refractivity contribution in [3.05, 3.63) is 29.8 Å². The topological polar surface area (TPSA) is 37.4 Å². The summed E-state index contributed by atoms with van der Waals surface area (Å²) < 4.78 is 0. The van der Waals surface area contributed by atoms with Crippen LogP contribution in [-0.4, -0.2) is 24.2 Å². The van der Waals surface area contributed by atoms with Crippen molar-refractivity contribution >= 4 is 17.3 Å². The van der Waals surface area contributed by atoms with Crippen molar-refractivity contribution in [1.82, 2.24) is 0 Å². The Morgan fingerprint density at radius 3 is 2.62 bits per heavy atom. The first-order valence-corrected chi connectivity index (χ1v) is 5.59. The molecule has 1 saturated carbocycles. The molecule has 1 aliphatic carbocycles. The van der Waals surface area contributed by atoms with E-state index in [1.807, 2.05) is 36.2 Å². The molecule has 82 valence electrons. The Balaban J connectivity index is 2.21. The van der Waals surface area contributed by atoms with Crippen LogP contribution < -0.4 is 4.90 Å². The van der Waals surface area contributed by atoms with Crippen molar-refractivity contribution in [2.45, 2.75) is 24.8 Å². The first-order valence-electron chi connectivity index (χ1n) is 5.59. The lowest BCUT2D eigenvalue weighted by atomic mass is 9.90. The van der Waals surface area contributed by atoms with E-state index in [2.05, 4.69) is 0 Å². The molecule has 0 aromatic heterocycles. The van der Waals surface area contributed by atoms with Gasteiger partial charge in [-0.05, 0) is 25.0 Å². The fourth-order valence-corrected chi connectivity index (χ4v) is 2.98. The molecule has 3 heteroatoms. The Morgan fingerprint density at radius 1 is 1.25 bits per heavy atom. The third-order valence-electron chi connectivity index (χ3n) is 3.86. The average Bonchev–Trinajstić information content (AvgIpc) is 2.78. The summed E-state index contributed by atoms with van der Waals surface area (Å²) in [6.07, 6.45) is 2.02. The maximum absolute atomic E-state index is 12.4. The van der Waals surface area contributed by atoms with Crippen molar-refractivity contribution in [3.63, 3.8) is 0 Å². The Labute approximate surface area is 94.1 Å². The van der Waals surface area contributed by atoms with E-state index in [1.54, 1.807) is 0 Å². The number of fused-ring (bicyclic) bond motifs is 1. The highest BCUT2D eigenvalue weighted by molar-refractivity contribution is 6.27. The van der Waals surface area contributed by atoms with Crippen LogP contribution in [0, 0.1) is 0 Å². The molecule has 0 N–H and O–H groups in total. The summed E-state index contributed by atoms with van der Waals surface area (Å²) in [5.74, 6) is 0.0734. The molecular formula is C13H13NO2. The van der Waals surface area contributed by atoms with E-state index in [-0.39, 0.29) is 11.6 Å². The van der Waals surface area contributed by atoms with Gasteiger partial charge in [0.25, 0.3) is 0 Å². The number of rotatable bonds is 0. The largest absolute Gasteiger partial charge is 0.355 e. The van der Waals surface area contributed by atoms with Crippen LogP contribution in [0.5, 0.6) is 0 Å². The normalized spacial score (nSPS) is 27.9. The molecule has 1 atom stereocenters. The van der Waals surface area contributed by atoms with Crippen LogP contribution >= 0.6 is 0 Å². The minimum atomic E-state index is -0.871. The van der Waals surface area contributed by atoms with Gasteiger partial charge in [-0.25, -0.2) is 0 Å². The van der Waals surface area contributed by atoms with Gasteiger partial charge in [-0.3, -0.25) is 9.59 Å². The van der Waals surface area contributed by atoms with Gasteiger partial charge in [0.05, 0.1) is 0 Å². The zero-order valence-corrected chi connectivity index (χ0v) is 9.19. The molecule has 2 aliphatic rings. The smallest absolute Gasteiger partial charge is 0.198 e. The van der Waals surface area contributed by atoms with Gasteiger partial charge in [0.1, 0.15) is 0 Å². The van der Waals surface area contributed by atoms with Crippen molar-refractivity contribution < 1.29 is 9.59 Å². The second-order valence-electron chi connectivity index (χ2n) is 4.54. The number of Topliss-reactive ketones (excluding diaryl/α,β-unsaturated/α-hetero) is 2. The molecule has 16 heavy (non-hydrogen) atoms. The Morgan fingerprint density at radius 2 is 2.00 bits per heavy atom. The zero-order valence-electron chi connectivity index (χ0n) is 9.19. The maximum atomic E-state index is 12.4. The second-order valence-corrected chi connectivity index (χ2v) is 4.54. The van der Waals surface area contributed by atoms with E-state index in [4.69, 9.17) is 0 Å². The number of hydrogen-bond acceptors (Lipinski definition) is 3. The number of carbonyl (C=O) groups is 2. The van der Waals surface area contributed by atoms with Crippen molar-refractivity contribution in [3.8, 4) is 0 Å². The van der Waals surface area contributed by atoms with E-state index in [0.717, 1.165) is 12.1 Å². The molecule has 0 amide bonds. The van der Waals surface area contributed by atoms with E-state index < -0.39 is 5.54 Å². The molecule has 0 radical (unpaired) electrons. The summed E-state index contributed by atoms with van der Waals surface area (Å²) in [6, 6.07) is 7.48. The van der Waals surface area contributed by atoms with Crippen molar-refractivity contribution in [2.24, 2.45) is 0 Å². The monoisotopic (exact) mass is 215 g/mol. The minimum Gasteiger partial charge on any atom is -0.355 e. The standard InChI is InChI=1S/C13H13NO2/c1-14-10-6-3-2-5-9(10)12(16)13(14)8-4-7-11(13)15/h2-3,5-6H,4,7-8H2,1H3. The summed E-state index contributed by atoms with van der Waals surface area (Å²) in [5.41, 5.74) is 0.715. The molecule has 1 unspecified atom stereocenters. The minimum absolute atomic E-state index is 0.00639. The molecule has 3 nitrogen and oxygen atoms in total. The van der Waals surface area contributed by atoms with Crippen molar-refractivity contribution in [2.75, 3.05) is 11.9 Å². The summed E-state index contributed by atoms with van der Waals surface area (Å²) >= 11 is 0. The third kappa shape index (κ3) is 0.889. The second kappa shape index (κ2) is 2.94. The summed E-state index contributed by atoms with van der Waals surface area (Å²) in [4.78, 5) is 26.3. The lowest BCUT2D eigenvalue weighted by molar-refractivity contribution is -0.120. The lowest BCUT2D eigenvalue weighted by Gasteiger charge is -2.30. The number of hydrogen-bond donors (Lipinski definition) is 0. The summed E-state index contributed by atoms with van der Waals surface area (Å²) in [5, 5.41) is 0. The summed E-state index contributed by atoms with van der Waals surface area (Å²) in [7, 11) is 1.85. The van der Waals surface area contributed by atoms with Gasteiger partial charge in [-0.1, -0.05) is 12.1 Å². The first-order chi connectivity index (χ1) is 7.68. The molecule has 1 spiro atoms. The Bertz CT molecular complexity index is 494. The van der Waals surface area contributed by atoms with E-state index in [1.165, 1.54) is 0 Å². The highest BCUT2D eigenvalue weighted by atomic mass is 16.2. The quantitative estimate of drug-likeness (QED) is 0.619. The highest BCUT2D eigenvalue weighted by Gasteiger charge is 2.56. The van der Waals surface area contributed by atoms with Gasteiger partial charge >= 0.3 is 0 Å². The van der Waals surface area contributed by atoms with Crippen LogP contribution in [0.1, 0.15) is 29.6 Å². The third-order valence-corrected chi connectivity index (χ3v) is 3.86. The first kappa shape index (κ1) is 9.58. The SMILES string of the molecule is CN1c2ccccc2C(=O)C12CCCC2=O. The summed E-state index contributed by atoms with van der Waals surface area (Å²) in [6.45, 7) is 0. The zero-order chi connectivity index (χ0) is 11.3. The van der Waals surface area contributed by atoms with Gasteiger partial charge in [0.15, 0.2) is 17.1 Å². The predicted octanol–water partition coefficient (Wildman–Crippen LogP) is 1.81. The van der Waals surface area contributed by atoms with E-state index in [0.29, 0.717) is 18.4 Å². The van der Waals surface area contributed by atoms with Gasteiger partial charge < -0.3 is 4.90 Å². The molecule has 0 bridgehead atoms. The fourth-order valence-electron chi connectivity index (χ4n) is 2.98. The number of benzene rings is 1. The number of para-hydroxylation sites is 1. The lowest BCUT2D eigenvalue weighted by Crippen LogP contribution is -2.51. The highest BCUT2D eigenvalue weighted by Crippen LogP contribution is 2.44. The number of likely N-dealkylation sites (N-methyl/N-ethyl adjacent to an activating group) is 1. The molecule has 3 rings (SSSR count). The van der Waals surface area contributed by atoms with Gasteiger partial charge in [0.2, 0.25) is 0 Å². The van der Waals surface area contributed by atoms with Crippen LogP contribution in [0.15, 0.2) is 24.3 Å². The average molecular weight is 215 g/mol. The Kier molecular flexibility index (Phi) is 1.76. The van der Waals surface area contributed by atoms with Crippen molar-refractivity contribution in [1.29, 1.82) is 0 Å². The Hall–Kier alpha value is -1.64. The van der Waals surface area contributed by atoms with Crippen LogP contribution in [0.4, 0.5) is 5.69 Å². The van der Waals surface area contributed by atoms with Gasteiger partial charge in [-0.15, -0.1) is 0 Å². The van der Waals surface area contributed by atoms with Crippen LogP contribution in [-0.2, 0) is 4.79 Å². The van der Waals surface area contributed by atoms with E-state index >= 15 is 0 Å². The van der Waals surface area contributed by atoms with Crippen LogP contribution in [0.25, 0.3) is 0 Å². The number of nitrogens with zero attached hydrogens (tertiary/aromatic N) is 1. The molecule has 1 aliphatic heterocycles. The van der Waals surface area contributed by atoms with Gasteiger partial charge in [-0.2, -0.15) is 0 Å². The van der Waals surface area contributed by atoms with Crippen LogP contribution in [0.2, 0.25) is 0 Å². The molecule has 1 heterocycles. The maximum Gasteiger partial charge on any atom is 0.198 e. The number of ketones is 2. The van der Waals surface area contributed by atoms with E-state index in [9.17, 15) is 9.59 Å². The number of carbonyl (C=O) groups excluding carboxylic acids is 2. The molecule has 1 fully saturated rings. The molecule has 1 aromatic rings.